The van der Waals surface area contributed by atoms with E-state index in [0.29, 0.717) is 0 Å². The van der Waals surface area contributed by atoms with Crippen molar-refractivity contribution >= 4 is 34.1 Å². The van der Waals surface area contributed by atoms with Crippen LogP contribution in [0, 0.1) is 6.92 Å². The Labute approximate surface area is 81.6 Å². The third-order valence-electron chi connectivity index (χ3n) is 1.98. The molecule has 0 atom stereocenters. The van der Waals surface area contributed by atoms with Crippen LogP contribution in [-0.2, 0) is 5.75 Å². The Morgan fingerprint density at radius 3 is 3.00 bits per heavy atom. The zero-order valence-corrected chi connectivity index (χ0v) is 8.58. The summed E-state index contributed by atoms with van der Waals surface area (Å²) < 4.78 is 1.37. The lowest BCUT2D eigenvalue weighted by Gasteiger charge is -1.94. The molecule has 2 aromatic rings. The quantitative estimate of drug-likeness (QED) is 0.658. The van der Waals surface area contributed by atoms with E-state index in [-0.39, 0.29) is 0 Å². The summed E-state index contributed by atoms with van der Waals surface area (Å²) in [4.78, 5) is 0. The monoisotopic (exact) mass is 194 g/mol. The predicted molar refractivity (Wildman–Crippen MR) is 59.3 cm³/mol. The molecule has 0 nitrogen and oxygen atoms in total. The molecule has 0 saturated carbocycles. The third kappa shape index (κ3) is 1.25. The molecule has 0 saturated heterocycles. The number of hydrogen-bond donors (Lipinski definition) is 1. The molecular formula is C10H10S2. The lowest BCUT2D eigenvalue weighted by Crippen LogP contribution is -1.73. The second kappa shape index (κ2) is 3.11. The number of hydrogen-bond acceptors (Lipinski definition) is 2. The number of thiophene rings is 1. The molecule has 62 valence electrons. The van der Waals surface area contributed by atoms with Gasteiger partial charge in [-0.15, -0.1) is 11.3 Å². The smallest absolute Gasteiger partial charge is 0.0348 e. The van der Waals surface area contributed by atoms with Gasteiger partial charge < -0.3 is 0 Å². The normalized spacial score (nSPS) is 10.8. The van der Waals surface area contributed by atoms with Gasteiger partial charge in [0.2, 0.25) is 0 Å². The largest absolute Gasteiger partial charge is 0.174 e. The second-order valence-electron chi connectivity index (χ2n) is 2.92. The van der Waals surface area contributed by atoms with E-state index >= 15 is 0 Å². The van der Waals surface area contributed by atoms with E-state index in [1.54, 1.807) is 11.3 Å². The maximum atomic E-state index is 4.28. The summed E-state index contributed by atoms with van der Waals surface area (Å²) in [5, 5.41) is 3.55. The topological polar surface area (TPSA) is 0 Å². The first-order chi connectivity index (χ1) is 5.81. The van der Waals surface area contributed by atoms with E-state index in [2.05, 4.69) is 43.1 Å². The minimum Gasteiger partial charge on any atom is -0.174 e. The molecule has 1 aromatic heterocycles. The molecule has 0 unspecified atom stereocenters. The second-order valence-corrected chi connectivity index (χ2v) is 4.15. The zero-order chi connectivity index (χ0) is 8.55. The van der Waals surface area contributed by atoms with Crippen LogP contribution in [0.15, 0.2) is 23.6 Å². The van der Waals surface area contributed by atoms with Crippen molar-refractivity contribution in [1.29, 1.82) is 0 Å². The molecule has 2 heteroatoms. The van der Waals surface area contributed by atoms with Gasteiger partial charge in [-0.25, -0.2) is 0 Å². The van der Waals surface area contributed by atoms with Crippen molar-refractivity contribution in [2.24, 2.45) is 0 Å². The highest BCUT2D eigenvalue weighted by Gasteiger charge is 2.01. The van der Waals surface area contributed by atoms with Gasteiger partial charge in [-0.2, -0.15) is 12.6 Å². The molecule has 0 fully saturated rings. The van der Waals surface area contributed by atoms with Gasteiger partial charge in [0.05, 0.1) is 0 Å². The summed E-state index contributed by atoms with van der Waals surface area (Å²) in [6.07, 6.45) is 0. The lowest BCUT2D eigenvalue weighted by atomic mass is 10.1. The molecule has 0 N–H and O–H groups in total. The molecule has 1 aromatic carbocycles. The Morgan fingerprint density at radius 2 is 2.25 bits per heavy atom. The van der Waals surface area contributed by atoms with E-state index in [1.165, 1.54) is 21.2 Å². The predicted octanol–water partition coefficient (Wildman–Crippen LogP) is 3.64. The van der Waals surface area contributed by atoms with E-state index in [4.69, 9.17) is 0 Å². The van der Waals surface area contributed by atoms with Crippen LogP contribution in [0.1, 0.15) is 11.1 Å². The van der Waals surface area contributed by atoms with E-state index in [0.717, 1.165) is 5.75 Å². The summed E-state index contributed by atoms with van der Waals surface area (Å²) >= 11 is 6.09. The van der Waals surface area contributed by atoms with Crippen LogP contribution in [0.4, 0.5) is 0 Å². The number of aryl methyl sites for hydroxylation is 1. The highest BCUT2D eigenvalue weighted by Crippen LogP contribution is 2.27. The number of fused-ring (bicyclic) bond motifs is 1. The highest BCUT2D eigenvalue weighted by atomic mass is 32.1. The van der Waals surface area contributed by atoms with Gasteiger partial charge in [-0.3, -0.25) is 0 Å². The van der Waals surface area contributed by atoms with Crippen molar-refractivity contribution in [2.75, 3.05) is 0 Å². The van der Waals surface area contributed by atoms with Crippen LogP contribution >= 0.6 is 24.0 Å². The first-order valence-electron chi connectivity index (χ1n) is 3.89. The summed E-state index contributed by atoms with van der Waals surface area (Å²) in [6, 6.07) is 6.57. The molecule has 0 aliphatic carbocycles. The molecule has 0 radical (unpaired) electrons. The summed E-state index contributed by atoms with van der Waals surface area (Å²) in [7, 11) is 0. The minimum atomic E-state index is 0.836. The van der Waals surface area contributed by atoms with E-state index in [1.807, 2.05) is 0 Å². The molecule has 0 spiro atoms. The fourth-order valence-electron chi connectivity index (χ4n) is 1.31. The Balaban J connectivity index is 2.73. The summed E-state index contributed by atoms with van der Waals surface area (Å²) in [5.41, 5.74) is 2.67. The van der Waals surface area contributed by atoms with Crippen LogP contribution < -0.4 is 0 Å². The van der Waals surface area contributed by atoms with Crippen LogP contribution in [0.25, 0.3) is 10.1 Å². The Kier molecular flexibility index (Phi) is 2.11. The van der Waals surface area contributed by atoms with E-state index < -0.39 is 0 Å². The van der Waals surface area contributed by atoms with Crippen molar-refractivity contribution in [3.05, 3.63) is 34.7 Å². The van der Waals surface area contributed by atoms with Gasteiger partial charge in [-0.05, 0) is 34.9 Å². The van der Waals surface area contributed by atoms with Gasteiger partial charge in [-0.1, -0.05) is 12.1 Å². The molecule has 0 aliphatic heterocycles. The Morgan fingerprint density at radius 1 is 1.42 bits per heavy atom. The summed E-state index contributed by atoms with van der Waals surface area (Å²) in [5.74, 6) is 0.836. The van der Waals surface area contributed by atoms with Gasteiger partial charge in [0.25, 0.3) is 0 Å². The molecular weight excluding hydrogens is 184 g/mol. The fraction of sp³-hybridized carbons (Fsp3) is 0.200. The van der Waals surface area contributed by atoms with Crippen molar-refractivity contribution in [2.45, 2.75) is 12.7 Å². The molecule has 1 heterocycles. The average Bonchev–Trinajstić information content (AvgIpc) is 2.46. The number of rotatable bonds is 1. The number of benzene rings is 1. The molecule has 0 aliphatic rings. The van der Waals surface area contributed by atoms with Crippen molar-refractivity contribution in [3.8, 4) is 0 Å². The summed E-state index contributed by atoms with van der Waals surface area (Å²) in [6.45, 7) is 2.12. The Bertz CT molecular complexity index is 401. The SMILES string of the molecule is Cc1ccc2c(CS)csc2c1. The lowest BCUT2D eigenvalue weighted by molar-refractivity contribution is 1.49. The van der Waals surface area contributed by atoms with Crippen molar-refractivity contribution in [1.82, 2.24) is 0 Å². The maximum Gasteiger partial charge on any atom is 0.0348 e. The maximum absolute atomic E-state index is 4.28. The molecule has 0 bridgehead atoms. The van der Waals surface area contributed by atoms with Gasteiger partial charge in [0.1, 0.15) is 0 Å². The standard InChI is InChI=1S/C10H10S2/c1-7-2-3-9-8(5-11)6-12-10(9)4-7/h2-4,6,11H,5H2,1H3. The first kappa shape index (κ1) is 8.14. The molecule has 2 rings (SSSR count). The molecule has 0 amide bonds. The number of thiol groups is 1. The van der Waals surface area contributed by atoms with Crippen molar-refractivity contribution in [3.63, 3.8) is 0 Å². The zero-order valence-electron chi connectivity index (χ0n) is 6.87. The third-order valence-corrected chi connectivity index (χ3v) is 3.32. The van der Waals surface area contributed by atoms with Crippen LogP contribution in [0.2, 0.25) is 0 Å². The van der Waals surface area contributed by atoms with Crippen LogP contribution in [-0.4, -0.2) is 0 Å². The van der Waals surface area contributed by atoms with Crippen LogP contribution in [0.5, 0.6) is 0 Å². The van der Waals surface area contributed by atoms with Gasteiger partial charge >= 0.3 is 0 Å². The molecule has 12 heavy (non-hydrogen) atoms. The van der Waals surface area contributed by atoms with Gasteiger partial charge in [0, 0.05) is 10.5 Å². The van der Waals surface area contributed by atoms with Crippen LogP contribution in [0.3, 0.4) is 0 Å². The van der Waals surface area contributed by atoms with Gasteiger partial charge in [0.15, 0.2) is 0 Å². The minimum absolute atomic E-state index is 0.836. The fourth-order valence-corrected chi connectivity index (χ4v) is 2.76. The first-order valence-corrected chi connectivity index (χ1v) is 5.40. The van der Waals surface area contributed by atoms with Crippen molar-refractivity contribution < 1.29 is 0 Å². The van der Waals surface area contributed by atoms with E-state index in [9.17, 15) is 0 Å². The highest BCUT2D eigenvalue weighted by molar-refractivity contribution is 7.79. The average molecular weight is 194 g/mol. The Hall–Kier alpha value is -0.470.